The molecule has 0 fully saturated rings. The molecule has 2 aromatic carbocycles. The van der Waals surface area contributed by atoms with Crippen LogP contribution in [-0.4, -0.2) is 11.1 Å². The molecular formula is C11H5Cl4NO2. The van der Waals surface area contributed by atoms with E-state index in [2.05, 4.69) is 0 Å². The third-order valence-electron chi connectivity index (χ3n) is 2.43. The van der Waals surface area contributed by atoms with E-state index in [1.807, 2.05) is 0 Å². The van der Waals surface area contributed by atoms with Crippen molar-refractivity contribution in [3.63, 3.8) is 0 Å². The molecule has 0 saturated carbocycles. The fourth-order valence-electron chi connectivity index (χ4n) is 1.63. The number of benzene rings is 2. The van der Waals surface area contributed by atoms with Crippen LogP contribution in [0, 0.1) is 0 Å². The van der Waals surface area contributed by atoms with Gasteiger partial charge < -0.3 is 0 Å². The molecule has 0 spiro atoms. The van der Waals surface area contributed by atoms with Crippen LogP contribution in [0.3, 0.4) is 0 Å². The zero-order valence-corrected chi connectivity index (χ0v) is 11.6. The Morgan fingerprint density at radius 1 is 1.06 bits per heavy atom. The van der Waals surface area contributed by atoms with Crippen molar-refractivity contribution in [3.8, 4) is 0 Å². The van der Waals surface area contributed by atoms with Gasteiger partial charge in [-0.3, -0.25) is 10.0 Å². The lowest BCUT2D eigenvalue weighted by Gasteiger charge is -2.10. The molecule has 0 aliphatic carbocycles. The monoisotopic (exact) mass is 323 g/mol. The minimum atomic E-state index is -0.711. The van der Waals surface area contributed by atoms with Crippen LogP contribution in [0.4, 0.5) is 0 Å². The van der Waals surface area contributed by atoms with Gasteiger partial charge in [-0.1, -0.05) is 52.5 Å². The normalized spacial score (nSPS) is 10.7. The van der Waals surface area contributed by atoms with Crippen molar-refractivity contribution in [2.75, 3.05) is 0 Å². The number of hydroxylamine groups is 1. The Kier molecular flexibility index (Phi) is 3.90. The predicted octanol–water partition coefficient (Wildman–Crippen LogP) is 4.57. The number of hydrogen-bond donors (Lipinski definition) is 2. The van der Waals surface area contributed by atoms with Crippen LogP contribution >= 0.6 is 46.4 Å². The summed E-state index contributed by atoms with van der Waals surface area (Å²) in [6.07, 6.45) is 0. The fourth-order valence-corrected chi connectivity index (χ4v) is 2.54. The Balaban J connectivity index is 2.96. The molecule has 0 radical (unpaired) electrons. The van der Waals surface area contributed by atoms with Crippen LogP contribution in [0.1, 0.15) is 10.4 Å². The van der Waals surface area contributed by atoms with Crippen molar-refractivity contribution in [2.24, 2.45) is 0 Å². The Labute approximate surface area is 122 Å². The van der Waals surface area contributed by atoms with E-state index in [4.69, 9.17) is 51.6 Å². The number of halogens is 4. The first-order valence-corrected chi connectivity index (χ1v) is 6.18. The van der Waals surface area contributed by atoms with E-state index in [-0.39, 0.29) is 20.6 Å². The number of carbonyl (C=O) groups is 1. The molecule has 0 unspecified atom stereocenters. The lowest BCUT2D eigenvalue weighted by molar-refractivity contribution is 0.0708. The summed E-state index contributed by atoms with van der Waals surface area (Å²) in [5.41, 5.74) is 1.69. The van der Waals surface area contributed by atoms with Crippen LogP contribution in [0.5, 0.6) is 0 Å². The topological polar surface area (TPSA) is 49.3 Å². The summed E-state index contributed by atoms with van der Waals surface area (Å²) in [5, 5.41) is 10.4. The summed E-state index contributed by atoms with van der Waals surface area (Å²) in [7, 11) is 0. The largest absolute Gasteiger partial charge is 0.288 e. The first-order chi connectivity index (χ1) is 8.47. The number of nitrogens with one attached hydrogen (secondary N) is 1. The van der Waals surface area contributed by atoms with Gasteiger partial charge in [0, 0.05) is 5.39 Å². The molecule has 0 aromatic heterocycles. The molecule has 3 nitrogen and oxygen atoms in total. The van der Waals surface area contributed by atoms with E-state index in [9.17, 15) is 4.79 Å². The Hall–Kier alpha value is -0.710. The second-order valence-electron chi connectivity index (χ2n) is 3.44. The van der Waals surface area contributed by atoms with Gasteiger partial charge in [-0.2, -0.15) is 0 Å². The highest BCUT2D eigenvalue weighted by molar-refractivity contribution is 6.51. The first kappa shape index (κ1) is 13.7. The van der Waals surface area contributed by atoms with E-state index >= 15 is 0 Å². The summed E-state index contributed by atoms with van der Waals surface area (Å²) >= 11 is 23.9. The molecule has 0 heterocycles. The quantitative estimate of drug-likeness (QED) is 0.596. The zero-order chi connectivity index (χ0) is 13.4. The second kappa shape index (κ2) is 5.11. The lowest BCUT2D eigenvalue weighted by Crippen LogP contribution is -2.19. The smallest absolute Gasteiger partial charge is 0.275 e. The summed E-state index contributed by atoms with van der Waals surface area (Å²) in [5.74, 6) is -0.711. The van der Waals surface area contributed by atoms with E-state index in [1.165, 1.54) is 17.6 Å². The third-order valence-corrected chi connectivity index (χ3v) is 4.02. The molecule has 0 bridgehead atoms. The molecule has 94 valence electrons. The molecule has 18 heavy (non-hydrogen) atoms. The summed E-state index contributed by atoms with van der Waals surface area (Å²) in [4.78, 5) is 11.5. The number of fused-ring (bicyclic) bond motifs is 1. The standard InChI is InChI=1S/C11H5Cl4NO2/c12-6-2-1-4-5(11(17)16-18)3-7(13)10(15)8(4)9(6)14/h1-3,18H,(H,16,17). The Morgan fingerprint density at radius 3 is 2.28 bits per heavy atom. The number of amides is 1. The summed E-state index contributed by atoms with van der Waals surface area (Å²) < 4.78 is 0. The maximum Gasteiger partial charge on any atom is 0.275 e. The molecular weight excluding hydrogens is 320 g/mol. The average Bonchev–Trinajstić information content (AvgIpc) is 2.36. The summed E-state index contributed by atoms with van der Waals surface area (Å²) in [6, 6.07) is 4.46. The van der Waals surface area contributed by atoms with Crippen molar-refractivity contribution in [1.29, 1.82) is 0 Å². The van der Waals surface area contributed by atoms with Gasteiger partial charge in [0.05, 0.1) is 25.7 Å². The van der Waals surface area contributed by atoms with Gasteiger partial charge in [0.2, 0.25) is 0 Å². The van der Waals surface area contributed by atoms with Crippen molar-refractivity contribution in [1.82, 2.24) is 5.48 Å². The molecule has 0 saturated heterocycles. The number of hydrogen-bond acceptors (Lipinski definition) is 2. The summed E-state index contributed by atoms with van der Waals surface area (Å²) in [6.45, 7) is 0. The van der Waals surface area contributed by atoms with E-state index in [0.29, 0.717) is 15.8 Å². The van der Waals surface area contributed by atoms with Crippen molar-refractivity contribution >= 4 is 63.1 Å². The molecule has 1 amide bonds. The highest BCUT2D eigenvalue weighted by atomic mass is 35.5. The second-order valence-corrected chi connectivity index (χ2v) is 5.02. The molecule has 2 rings (SSSR count). The van der Waals surface area contributed by atoms with Gasteiger partial charge in [-0.15, -0.1) is 0 Å². The van der Waals surface area contributed by atoms with Gasteiger partial charge in [-0.25, -0.2) is 5.48 Å². The van der Waals surface area contributed by atoms with Crippen molar-refractivity contribution in [2.45, 2.75) is 0 Å². The molecule has 0 atom stereocenters. The van der Waals surface area contributed by atoms with Crippen LogP contribution < -0.4 is 5.48 Å². The van der Waals surface area contributed by atoms with Gasteiger partial charge >= 0.3 is 0 Å². The van der Waals surface area contributed by atoms with Crippen LogP contribution in [0.25, 0.3) is 10.8 Å². The maximum absolute atomic E-state index is 11.5. The predicted molar refractivity (Wildman–Crippen MR) is 73.2 cm³/mol. The van der Waals surface area contributed by atoms with Crippen LogP contribution in [0.15, 0.2) is 18.2 Å². The third kappa shape index (κ3) is 2.13. The van der Waals surface area contributed by atoms with Gasteiger partial charge in [0.25, 0.3) is 5.91 Å². The average molecular weight is 325 g/mol. The van der Waals surface area contributed by atoms with E-state index < -0.39 is 5.91 Å². The molecule has 7 heteroatoms. The number of carbonyl (C=O) groups excluding carboxylic acids is 1. The maximum atomic E-state index is 11.5. The number of rotatable bonds is 1. The minimum absolute atomic E-state index is 0.145. The Bertz CT molecular complexity index is 649. The first-order valence-electron chi connectivity index (χ1n) is 4.67. The van der Waals surface area contributed by atoms with E-state index in [0.717, 1.165) is 0 Å². The van der Waals surface area contributed by atoms with E-state index in [1.54, 1.807) is 6.07 Å². The molecule has 2 N–H and O–H groups in total. The highest BCUT2D eigenvalue weighted by Gasteiger charge is 2.18. The van der Waals surface area contributed by atoms with Gasteiger partial charge in [0.1, 0.15) is 0 Å². The minimum Gasteiger partial charge on any atom is -0.288 e. The van der Waals surface area contributed by atoms with Crippen LogP contribution in [-0.2, 0) is 0 Å². The molecule has 2 aromatic rings. The molecule has 0 aliphatic rings. The zero-order valence-electron chi connectivity index (χ0n) is 8.60. The van der Waals surface area contributed by atoms with Crippen LogP contribution in [0.2, 0.25) is 20.1 Å². The molecule has 0 aliphatic heterocycles. The fraction of sp³-hybridized carbons (Fsp3) is 0. The Morgan fingerprint density at radius 2 is 1.67 bits per heavy atom. The van der Waals surface area contributed by atoms with Crippen molar-refractivity contribution < 1.29 is 10.0 Å². The van der Waals surface area contributed by atoms with Gasteiger partial charge in [-0.05, 0) is 17.5 Å². The van der Waals surface area contributed by atoms with Crippen molar-refractivity contribution in [3.05, 3.63) is 43.9 Å². The lowest BCUT2D eigenvalue weighted by atomic mass is 10.0. The SMILES string of the molecule is O=C(NO)c1cc(Cl)c(Cl)c2c(Cl)c(Cl)ccc12. The van der Waals surface area contributed by atoms with Gasteiger partial charge in [0.15, 0.2) is 0 Å². The highest BCUT2D eigenvalue weighted by Crippen LogP contribution is 2.40.